The molecule has 0 unspecified atom stereocenters. The van der Waals surface area contributed by atoms with Gasteiger partial charge in [-0.2, -0.15) is 0 Å². The van der Waals surface area contributed by atoms with E-state index in [9.17, 15) is 10.2 Å². The van der Waals surface area contributed by atoms with Gasteiger partial charge in [-0.3, -0.25) is 4.90 Å². The van der Waals surface area contributed by atoms with Crippen LogP contribution >= 0.6 is 0 Å². The van der Waals surface area contributed by atoms with Crippen LogP contribution in [0.1, 0.15) is 47.8 Å². The Labute approximate surface area is 220 Å². The summed E-state index contributed by atoms with van der Waals surface area (Å²) in [7, 11) is 0. The highest BCUT2D eigenvalue weighted by Gasteiger charge is 2.73. The smallest absolute Gasteiger partial charge is 0.166 e. The first-order valence-corrected chi connectivity index (χ1v) is 13.9. The van der Waals surface area contributed by atoms with E-state index in [1.807, 2.05) is 42.5 Å². The number of aromatic amines is 1. The second kappa shape index (κ2) is 7.13. The normalized spacial score (nSPS) is 30.6. The van der Waals surface area contributed by atoms with E-state index in [0.717, 1.165) is 71.1 Å². The molecule has 6 heteroatoms. The van der Waals surface area contributed by atoms with E-state index in [0.29, 0.717) is 12.2 Å². The number of aromatic hydroxyl groups is 1. The molecule has 3 aliphatic carbocycles. The van der Waals surface area contributed by atoms with E-state index >= 15 is 0 Å². The molecule has 4 aromatic rings. The van der Waals surface area contributed by atoms with Gasteiger partial charge in [0.15, 0.2) is 17.6 Å². The number of hydrogen-bond donors (Lipinski definition) is 3. The Bertz CT molecular complexity index is 1630. The Morgan fingerprint density at radius 2 is 1.92 bits per heavy atom. The Hall–Kier alpha value is -3.48. The number of fused-ring (bicyclic) bond motifs is 4. The van der Waals surface area contributed by atoms with Gasteiger partial charge in [0.05, 0.1) is 16.7 Å². The molecule has 0 radical (unpaired) electrons. The zero-order chi connectivity index (χ0) is 25.2. The van der Waals surface area contributed by atoms with Crippen LogP contribution in [-0.2, 0) is 18.3 Å². The maximum absolute atomic E-state index is 13.1. The maximum atomic E-state index is 13.1. The molecule has 1 saturated heterocycles. The van der Waals surface area contributed by atoms with E-state index in [1.54, 1.807) is 6.07 Å². The predicted octanol–water partition coefficient (Wildman–Crippen LogP) is 5.36. The number of nitrogens with one attached hydrogen (secondary N) is 1. The first-order chi connectivity index (χ1) is 18.6. The number of rotatable bonds is 4. The van der Waals surface area contributed by atoms with E-state index in [1.165, 1.54) is 18.4 Å². The highest BCUT2D eigenvalue weighted by Crippen LogP contribution is 2.69. The number of hydrogen-bond acceptors (Lipinski definition) is 5. The fourth-order valence-corrected chi connectivity index (χ4v) is 8.35. The summed E-state index contributed by atoms with van der Waals surface area (Å²) in [6.45, 7) is 1.99. The molecule has 0 amide bonds. The van der Waals surface area contributed by atoms with Crippen LogP contribution in [0, 0.1) is 5.92 Å². The minimum absolute atomic E-state index is 0.00578. The summed E-state index contributed by atoms with van der Waals surface area (Å²) < 4.78 is 13.1. The molecule has 5 aliphatic rings. The number of phenols is 1. The van der Waals surface area contributed by atoms with Crippen LogP contribution in [0.4, 0.5) is 0 Å². The van der Waals surface area contributed by atoms with Crippen molar-refractivity contribution < 1.29 is 19.7 Å². The van der Waals surface area contributed by atoms with Crippen molar-refractivity contribution in [2.45, 2.75) is 55.3 Å². The second-order valence-electron chi connectivity index (χ2n) is 12.0. The van der Waals surface area contributed by atoms with Crippen molar-refractivity contribution in [1.82, 2.24) is 9.88 Å². The fraction of sp³-hybridized carbons (Fsp3) is 0.375. The number of ether oxygens (including phenoxy) is 2. The Balaban J connectivity index is 1.27. The number of para-hydroxylation sites is 1. The number of H-pyrrole nitrogens is 1. The summed E-state index contributed by atoms with van der Waals surface area (Å²) in [5, 5.41) is 25.0. The van der Waals surface area contributed by atoms with Gasteiger partial charge in [0.25, 0.3) is 0 Å². The molecule has 2 aliphatic heterocycles. The van der Waals surface area contributed by atoms with Gasteiger partial charge in [0, 0.05) is 35.5 Å². The number of benzene rings is 3. The van der Waals surface area contributed by atoms with Crippen molar-refractivity contribution >= 4 is 10.9 Å². The Morgan fingerprint density at radius 3 is 2.76 bits per heavy atom. The molecule has 1 saturated carbocycles. The van der Waals surface area contributed by atoms with Gasteiger partial charge in [-0.15, -0.1) is 0 Å². The Morgan fingerprint density at radius 1 is 1.05 bits per heavy atom. The van der Waals surface area contributed by atoms with E-state index in [4.69, 9.17) is 9.47 Å². The molecule has 38 heavy (non-hydrogen) atoms. The zero-order valence-electron chi connectivity index (χ0n) is 21.1. The van der Waals surface area contributed by atoms with E-state index < -0.39 is 11.0 Å². The van der Waals surface area contributed by atoms with Crippen molar-refractivity contribution in [3.8, 4) is 23.0 Å². The first kappa shape index (κ1) is 21.5. The molecule has 2 bridgehead atoms. The standard InChI is InChI=1S/C32H30N2O4/c35-23-12-11-19-15-25-32(36)16-21-26-22(7-4-8-24(26)37-20-5-2-1-3-6-20)33-28(21)30-31(32,27(19)29(23)38-30)13-14-34(25)17-18-9-10-18/h1-8,11-12,18,25,30,33,35-36H,9-10,13-17H2/t25-,30+,31+,32-/m1/s1. The molecule has 3 N–H and O–H groups in total. The van der Waals surface area contributed by atoms with Crippen LogP contribution in [0.15, 0.2) is 60.7 Å². The molecule has 1 spiro atoms. The fourth-order valence-electron chi connectivity index (χ4n) is 8.35. The van der Waals surface area contributed by atoms with Gasteiger partial charge in [0.2, 0.25) is 0 Å². The topological polar surface area (TPSA) is 78.0 Å². The molecule has 3 aromatic carbocycles. The predicted molar refractivity (Wildman–Crippen MR) is 143 cm³/mol. The van der Waals surface area contributed by atoms with Crippen LogP contribution in [0.25, 0.3) is 10.9 Å². The van der Waals surface area contributed by atoms with Crippen LogP contribution in [0.2, 0.25) is 0 Å². The lowest BCUT2D eigenvalue weighted by Gasteiger charge is -2.62. The molecular formula is C32H30N2O4. The molecule has 2 fully saturated rings. The molecule has 9 rings (SSSR count). The second-order valence-corrected chi connectivity index (χ2v) is 12.0. The SMILES string of the molecule is Oc1ccc2c3c1O[C@H]1c4[nH]c5cccc(Oc6ccccc6)c5c4C[C@@]4(O)[C@@H](C2)N(CC2CC2)CC[C@]314. The summed E-state index contributed by atoms with van der Waals surface area (Å²) in [6, 6.07) is 19.8. The van der Waals surface area contributed by atoms with Crippen molar-refractivity contribution in [2.75, 3.05) is 13.1 Å². The number of phenolic OH excluding ortho intramolecular Hbond substituents is 1. The highest BCUT2D eigenvalue weighted by atomic mass is 16.5. The van der Waals surface area contributed by atoms with Gasteiger partial charge in [-0.05, 0) is 79.6 Å². The lowest BCUT2D eigenvalue weighted by Crippen LogP contribution is -2.74. The van der Waals surface area contributed by atoms with Crippen LogP contribution in [0.3, 0.4) is 0 Å². The van der Waals surface area contributed by atoms with Gasteiger partial charge < -0.3 is 24.7 Å². The molecule has 1 aromatic heterocycles. The van der Waals surface area contributed by atoms with E-state index in [-0.39, 0.29) is 17.9 Å². The Kier molecular flexibility index (Phi) is 4.02. The van der Waals surface area contributed by atoms with Crippen LogP contribution in [0.5, 0.6) is 23.0 Å². The summed E-state index contributed by atoms with van der Waals surface area (Å²) in [5.41, 5.74) is 3.71. The maximum Gasteiger partial charge on any atom is 0.166 e. The number of aliphatic hydroxyl groups is 1. The van der Waals surface area contributed by atoms with E-state index in [2.05, 4.69) is 22.0 Å². The van der Waals surface area contributed by atoms with Gasteiger partial charge in [0.1, 0.15) is 11.5 Å². The quantitative estimate of drug-likeness (QED) is 0.347. The average molecular weight is 507 g/mol. The van der Waals surface area contributed by atoms with Crippen LogP contribution < -0.4 is 9.47 Å². The third-order valence-electron chi connectivity index (χ3n) is 10.1. The van der Waals surface area contributed by atoms with Crippen molar-refractivity contribution in [2.24, 2.45) is 5.92 Å². The van der Waals surface area contributed by atoms with Gasteiger partial charge in [-0.1, -0.05) is 30.3 Å². The largest absolute Gasteiger partial charge is 0.504 e. The summed E-state index contributed by atoms with van der Waals surface area (Å²) in [4.78, 5) is 6.25. The van der Waals surface area contributed by atoms with Crippen molar-refractivity contribution in [3.05, 3.63) is 83.0 Å². The first-order valence-electron chi connectivity index (χ1n) is 13.9. The monoisotopic (exact) mass is 506 g/mol. The lowest BCUT2D eigenvalue weighted by molar-refractivity contribution is -0.173. The minimum atomic E-state index is -1.02. The highest BCUT2D eigenvalue weighted by molar-refractivity contribution is 5.92. The summed E-state index contributed by atoms with van der Waals surface area (Å²) in [5.74, 6) is 3.04. The molecule has 192 valence electrons. The molecule has 3 heterocycles. The third-order valence-corrected chi connectivity index (χ3v) is 10.1. The summed E-state index contributed by atoms with van der Waals surface area (Å²) >= 11 is 0. The number of aromatic nitrogens is 1. The number of nitrogens with zero attached hydrogens (tertiary/aromatic N) is 1. The van der Waals surface area contributed by atoms with Crippen LogP contribution in [-0.4, -0.2) is 44.8 Å². The average Bonchev–Trinajstić information content (AvgIpc) is 3.55. The van der Waals surface area contributed by atoms with Gasteiger partial charge >= 0.3 is 0 Å². The number of likely N-dealkylation sites (tertiary alicyclic amines) is 1. The summed E-state index contributed by atoms with van der Waals surface area (Å²) in [6.07, 6.45) is 4.30. The minimum Gasteiger partial charge on any atom is -0.504 e. The zero-order valence-corrected chi connectivity index (χ0v) is 21.1. The van der Waals surface area contributed by atoms with Gasteiger partial charge in [-0.25, -0.2) is 0 Å². The lowest BCUT2D eigenvalue weighted by atomic mass is 9.49. The third kappa shape index (κ3) is 2.55. The molecule has 6 nitrogen and oxygen atoms in total. The molecular weight excluding hydrogens is 476 g/mol. The molecule has 4 atom stereocenters. The van der Waals surface area contributed by atoms with Crippen molar-refractivity contribution in [1.29, 1.82) is 0 Å². The number of piperidine rings is 1. The van der Waals surface area contributed by atoms with Crippen molar-refractivity contribution in [3.63, 3.8) is 0 Å².